The number of methoxy groups -OCH3 is 1. The minimum absolute atomic E-state index is 0.0140. The molecule has 0 saturated carbocycles. The van der Waals surface area contributed by atoms with Crippen molar-refractivity contribution in [1.82, 2.24) is 9.55 Å². The van der Waals surface area contributed by atoms with Gasteiger partial charge in [-0.15, -0.1) is 0 Å². The zero-order chi connectivity index (χ0) is 20.1. The molecule has 0 saturated heterocycles. The summed E-state index contributed by atoms with van der Waals surface area (Å²) in [6.07, 6.45) is 0.576. The van der Waals surface area contributed by atoms with E-state index in [1.807, 2.05) is 49.4 Å². The second-order valence-electron chi connectivity index (χ2n) is 6.46. The molecule has 1 aromatic heterocycles. The zero-order valence-electron chi connectivity index (χ0n) is 16.1. The summed E-state index contributed by atoms with van der Waals surface area (Å²) < 4.78 is 6.32. The highest BCUT2D eigenvalue weighted by Gasteiger charge is 2.13. The summed E-state index contributed by atoms with van der Waals surface area (Å²) in [5.41, 5.74) is 4.12. The first-order valence-electron chi connectivity index (χ1n) is 8.90. The molecule has 0 bridgehead atoms. The van der Waals surface area contributed by atoms with Crippen LogP contribution in [-0.2, 0) is 24.0 Å². The van der Waals surface area contributed by atoms with Gasteiger partial charge in [-0.05, 0) is 30.2 Å². The highest BCUT2D eigenvalue weighted by atomic mass is 32.2. The molecule has 1 heterocycles. The number of hydrogen-bond acceptors (Lipinski definition) is 5. The fourth-order valence-corrected chi connectivity index (χ4v) is 3.83. The average molecular weight is 394 g/mol. The third-order valence-electron chi connectivity index (χ3n) is 4.52. The van der Waals surface area contributed by atoms with Crippen LogP contribution in [0.3, 0.4) is 0 Å². The van der Waals surface area contributed by atoms with Crippen molar-refractivity contribution in [3.63, 3.8) is 0 Å². The van der Waals surface area contributed by atoms with Gasteiger partial charge in [0, 0.05) is 30.5 Å². The molecular formula is C22H22N2O3S. The van der Waals surface area contributed by atoms with Gasteiger partial charge in [0.15, 0.2) is 5.16 Å². The van der Waals surface area contributed by atoms with Crippen LogP contribution < -0.4 is 5.56 Å². The molecule has 0 aliphatic carbocycles. The minimum Gasteiger partial charge on any atom is -0.465 e. The molecule has 0 aliphatic heterocycles. The van der Waals surface area contributed by atoms with Crippen LogP contribution in [0.2, 0.25) is 0 Å². The number of rotatable bonds is 6. The third kappa shape index (κ3) is 4.51. The maximum atomic E-state index is 12.8. The predicted molar refractivity (Wildman–Crippen MR) is 111 cm³/mol. The van der Waals surface area contributed by atoms with Crippen molar-refractivity contribution in [1.29, 1.82) is 0 Å². The summed E-state index contributed by atoms with van der Waals surface area (Å²) in [7, 11) is 3.12. The van der Waals surface area contributed by atoms with Crippen LogP contribution in [0.15, 0.2) is 64.5 Å². The molecule has 2 aromatic carbocycles. The Labute approximate surface area is 168 Å². The molecule has 5 nitrogen and oxygen atoms in total. The zero-order valence-corrected chi connectivity index (χ0v) is 17.0. The van der Waals surface area contributed by atoms with Crippen molar-refractivity contribution in [2.24, 2.45) is 7.05 Å². The molecule has 3 rings (SSSR count). The van der Waals surface area contributed by atoms with E-state index in [9.17, 15) is 9.59 Å². The van der Waals surface area contributed by atoms with E-state index in [-0.39, 0.29) is 11.5 Å². The van der Waals surface area contributed by atoms with E-state index in [4.69, 9.17) is 4.74 Å². The Morgan fingerprint density at radius 1 is 1.07 bits per heavy atom. The van der Waals surface area contributed by atoms with Crippen LogP contribution >= 0.6 is 11.8 Å². The molecule has 0 amide bonds. The standard InChI is InChI=1S/C22H22N2O3S/c1-15-19(13-16-7-5-4-6-8-16)20(25)24(2)22(23-15)28-14-17-9-11-18(12-10-17)21(26)27-3/h4-12H,13-14H2,1-3H3. The van der Waals surface area contributed by atoms with Crippen LogP contribution in [0.1, 0.15) is 32.7 Å². The van der Waals surface area contributed by atoms with Crippen molar-refractivity contribution < 1.29 is 9.53 Å². The van der Waals surface area contributed by atoms with E-state index >= 15 is 0 Å². The van der Waals surface area contributed by atoms with Crippen LogP contribution in [0.25, 0.3) is 0 Å². The van der Waals surface area contributed by atoms with Crippen molar-refractivity contribution in [3.8, 4) is 0 Å². The predicted octanol–water partition coefficient (Wildman–Crippen LogP) is 3.76. The average Bonchev–Trinajstić information content (AvgIpc) is 2.73. The van der Waals surface area contributed by atoms with E-state index in [1.165, 1.54) is 18.9 Å². The molecule has 3 aromatic rings. The smallest absolute Gasteiger partial charge is 0.337 e. The SMILES string of the molecule is COC(=O)c1ccc(CSc2nc(C)c(Cc3ccccc3)c(=O)n2C)cc1. The Morgan fingerprint density at radius 2 is 1.75 bits per heavy atom. The van der Waals surface area contributed by atoms with Gasteiger partial charge in [-0.3, -0.25) is 9.36 Å². The number of carbonyl (C=O) groups is 1. The second-order valence-corrected chi connectivity index (χ2v) is 7.40. The van der Waals surface area contributed by atoms with E-state index in [1.54, 1.807) is 23.7 Å². The highest BCUT2D eigenvalue weighted by molar-refractivity contribution is 7.98. The van der Waals surface area contributed by atoms with Gasteiger partial charge >= 0.3 is 5.97 Å². The quantitative estimate of drug-likeness (QED) is 0.362. The van der Waals surface area contributed by atoms with E-state index < -0.39 is 0 Å². The number of hydrogen-bond donors (Lipinski definition) is 0. The Bertz CT molecular complexity index is 1030. The number of ether oxygens (including phenoxy) is 1. The summed E-state index contributed by atoms with van der Waals surface area (Å²) >= 11 is 1.50. The van der Waals surface area contributed by atoms with E-state index in [2.05, 4.69) is 4.98 Å². The Hall–Kier alpha value is -2.86. The lowest BCUT2D eigenvalue weighted by Crippen LogP contribution is -2.25. The number of carbonyl (C=O) groups excluding carboxylic acids is 1. The minimum atomic E-state index is -0.354. The summed E-state index contributed by atoms with van der Waals surface area (Å²) in [6.45, 7) is 1.88. The molecule has 0 atom stereocenters. The molecule has 0 aliphatic rings. The molecule has 0 unspecified atom stereocenters. The van der Waals surface area contributed by atoms with Gasteiger partial charge in [0.1, 0.15) is 0 Å². The van der Waals surface area contributed by atoms with Gasteiger partial charge in [-0.1, -0.05) is 54.2 Å². The number of aryl methyl sites for hydroxylation is 1. The van der Waals surface area contributed by atoms with Crippen molar-refractivity contribution in [2.75, 3.05) is 7.11 Å². The summed E-state index contributed by atoms with van der Waals surface area (Å²) in [5, 5.41) is 0.677. The van der Waals surface area contributed by atoms with Crippen LogP contribution in [0, 0.1) is 6.92 Å². The van der Waals surface area contributed by atoms with Crippen molar-refractivity contribution >= 4 is 17.7 Å². The fourth-order valence-electron chi connectivity index (χ4n) is 2.87. The van der Waals surface area contributed by atoms with Crippen LogP contribution in [-0.4, -0.2) is 22.6 Å². The normalized spacial score (nSPS) is 10.7. The maximum Gasteiger partial charge on any atom is 0.337 e. The van der Waals surface area contributed by atoms with Gasteiger partial charge in [-0.25, -0.2) is 9.78 Å². The fraction of sp³-hybridized carbons (Fsp3) is 0.227. The lowest BCUT2D eigenvalue weighted by Gasteiger charge is -2.12. The van der Waals surface area contributed by atoms with Gasteiger partial charge in [0.2, 0.25) is 0 Å². The van der Waals surface area contributed by atoms with Gasteiger partial charge in [-0.2, -0.15) is 0 Å². The molecule has 0 N–H and O–H groups in total. The van der Waals surface area contributed by atoms with Gasteiger partial charge in [0.25, 0.3) is 5.56 Å². The Kier molecular flexibility index (Phi) is 6.31. The first kappa shape index (κ1) is 19.9. The summed E-state index contributed by atoms with van der Waals surface area (Å²) in [4.78, 5) is 29.0. The lowest BCUT2D eigenvalue weighted by atomic mass is 10.1. The number of esters is 1. The van der Waals surface area contributed by atoms with Crippen molar-refractivity contribution in [3.05, 3.63) is 92.9 Å². The molecular weight excluding hydrogens is 372 g/mol. The number of nitrogens with zero attached hydrogens (tertiary/aromatic N) is 2. The highest BCUT2D eigenvalue weighted by Crippen LogP contribution is 2.21. The first-order chi connectivity index (χ1) is 13.5. The molecule has 0 fully saturated rings. The summed E-state index contributed by atoms with van der Waals surface area (Å²) in [6, 6.07) is 17.2. The lowest BCUT2D eigenvalue weighted by molar-refractivity contribution is 0.0600. The summed E-state index contributed by atoms with van der Waals surface area (Å²) in [5.74, 6) is 0.298. The molecule has 28 heavy (non-hydrogen) atoms. The monoisotopic (exact) mass is 394 g/mol. The molecule has 0 radical (unpaired) electrons. The molecule has 144 valence electrons. The topological polar surface area (TPSA) is 61.2 Å². The second kappa shape index (κ2) is 8.89. The third-order valence-corrected chi connectivity index (χ3v) is 5.62. The van der Waals surface area contributed by atoms with Crippen LogP contribution in [0.5, 0.6) is 0 Å². The number of benzene rings is 2. The Balaban J connectivity index is 1.76. The largest absolute Gasteiger partial charge is 0.465 e. The number of thioether (sulfide) groups is 1. The molecule has 0 spiro atoms. The van der Waals surface area contributed by atoms with Gasteiger partial charge < -0.3 is 4.74 Å². The van der Waals surface area contributed by atoms with E-state index in [0.29, 0.717) is 22.9 Å². The Morgan fingerprint density at radius 3 is 2.39 bits per heavy atom. The number of aromatic nitrogens is 2. The maximum absolute atomic E-state index is 12.8. The van der Waals surface area contributed by atoms with Crippen molar-refractivity contribution in [2.45, 2.75) is 24.3 Å². The van der Waals surface area contributed by atoms with Crippen LogP contribution in [0.4, 0.5) is 0 Å². The first-order valence-corrected chi connectivity index (χ1v) is 9.88. The van der Waals surface area contributed by atoms with E-state index in [0.717, 1.165) is 22.4 Å². The molecule has 6 heteroatoms. The van der Waals surface area contributed by atoms with Gasteiger partial charge in [0.05, 0.1) is 12.7 Å².